The molecule has 0 saturated carbocycles. The second-order valence-electron chi connectivity index (χ2n) is 2.95. The van der Waals surface area contributed by atoms with Crippen LogP contribution in [0.2, 0.25) is 0 Å². The van der Waals surface area contributed by atoms with Crippen LogP contribution in [-0.4, -0.2) is 22.6 Å². The van der Waals surface area contributed by atoms with Gasteiger partial charge in [0.1, 0.15) is 0 Å². The molecule has 1 saturated heterocycles. The fourth-order valence-corrected chi connectivity index (χ4v) is 2.15. The summed E-state index contributed by atoms with van der Waals surface area (Å²) in [5.74, 6) is 0. The number of hydrogen-bond donors (Lipinski definition) is 0. The number of rotatable bonds is 0. The van der Waals surface area contributed by atoms with Gasteiger partial charge in [-0.05, 0) is 27.3 Å². The van der Waals surface area contributed by atoms with Crippen LogP contribution >= 0.6 is 11.9 Å². The highest BCUT2D eigenvalue weighted by Crippen LogP contribution is 2.36. The van der Waals surface area contributed by atoms with Gasteiger partial charge in [-0.1, -0.05) is 11.9 Å². The molecule has 0 unspecified atom stereocenters. The lowest BCUT2D eigenvalue weighted by molar-refractivity contribution is 0.562. The SMILES string of the molecule is CN1CCC(C)(C)S1. The number of nitrogens with zero attached hydrogens (tertiary/aromatic N) is 1. The van der Waals surface area contributed by atoms with E-state index in [-0.39, 0.29) is 0 Å². The summed E-state index contributed by atoms with van der Waals surface area (Å²) in [5, 5.41) is 0. The van der Waals surface area contributed by atoms with Crippen molar-refractivity contribution in [2.24, 2.45) is 0 Å². The zero-order valence-corrected chi connectivity index (χ0v) is 6.59. The summed E-state index contributed by atoms with van der Waals surface area (Å²) in [4.78, 5) is 0. The fraction of sp³-hybridized carbons (Fsp3) is 1.00. The second kappa shape index (κ2) is 1.92. The summed E-state index contributed by atoms with van der Waals surface area (Å²) >= 11 is 1.96. The van der Waals surface area contributed by atoms with Gasteiger partial charge in [-0.2, -0.15) is 0 Å². The van der Waals surface area contributed by atoms with Crippen molar-refractivity contribution in [1.29, 1.82) is 0 Å². The van der Waals surface area contributed by atoms with Crippen molar-refractivity contribution in [2.45, 2.75) is 25.0 Å². The Morgan fingerprint density at radius 2 is 2.12 bits per heavy atom. The molecule has 0 atom stereocenters. The highest BCUT2D eigenvalue weighted by Gasteiger charge is 2.27. The molecule has 0 aromatic heterocycles. The Hall–Kier alpha value is 0.310. The Kier molecular flexibility index (Phi) is 1.54. The molecule has 0 amide bonds. The van der Waals surface area contributed by atoms with Crippen molar-refractivity contribution in [2.75, 3.05) is 13.6 Å². The maximum Gasteiger partial charge on any atom is 0.0263 e. The van der Waals surface area contributed by atoms with E-state index in [0.29, 0.717) is 4.75 Å². The minimum Gasteiger partial charge on any atom is -0.253 e. The van der Waals surface area contributed by atoms with E-state index in [1.54, 1.807) is 0 Å². The third-order valence-corrected chi connectivity index (χ3v) is 2.62. The third kappa shape index (κ3) is 1.39. The Morgan fingerprint density at radius 3 is 2.25 bits per heavy atom. The Morgan fingerprint density at radius 1 is 1.50 bits per heavy atom. The molecule has 1 heterocycles. The molecule has 0 aliphatic carbocycles. The van der Waals surface area contributed by atoms with E-state index >= 15 is 0 Å². The topological polar surface area (TPSA) is 3.24 Å². The molecule has 8 heavy (non-hydrogen) atoms. The predicted octanol–water partition coefficient (Wildman–Crippen LogP) is 1.75. The minimum atomic E-state index is 0.509. The van der Waals surface area contributed by atoms with Crippen LogP contribution in [0.4, 0.5) is 0 Å². The third-order valence-electron chi connectivity index (χ3n) is 1.43. The summed E-state index contributed by atoms with van der Waals surface area (Å²) in [6, 6.07) is 0. The van der Waals surface area contributed by atoms with E-state index in [1.807, 2.05) is 11.9 Å². The van der Waals surface area contributed by atoms with E-state index in [4.69, 9.17) is 0 Å². The van der Waals surface area contributed by atoms with Crippen molar-refractivity contribution >= 4 is 11.9 Å². The quantitative estimate of drug-likeness (QED) is 0.461. The molecule has 0 aromatic carbocycles. The summed E-state index contributed by atoms with van der Waals surface area (Å²) in [7, 11) is 2.15. The lowest BCUT2D eigenvalue weighted by Gasteiger charge is -2.14. The lowest BCUT2D eigenvalue weighted by Crippen LogP contribution is -2.08. The molecule has 1 nitrogen and oxygen atoms in total. The fourth-order valence-electron chi connectivity index (χ4n) is 0.940. The summed E-state index contributed by atoms with van der Waals surface area (Å²) in [5.41, 5.74) is 0. The molecule has 0 spiro atoms. The molecule has 1 aliphatic rings. The van der Waals surface area contributed by atoms with Gasteiger partial charge >= 0.3 is 0 Å². The van der Waals surface area contributed by atoms with Crippen LogP contribution in [0.15, 0.2) is 0 Å². The van der Waals surface area contributed by atoms with Crippen LogP contribution < -0.4 is 0 Å². The van der Waals surface area contributed by atoms with Gasteiger partial charge in [0.05, 0.1) is 0 Å². The molecule has 0 bridgehead atoms. The first-order valence-electron chi connectivity index (χ1n) is 3.00. The van der Waals surface area contributed by atoms with Gasteiger partial charge in [-0.3, -0.25) is 4.31 Å². The van der Waals surface area contributed by atoms with Crippen LogP contribution in [-0.2, 0) is 0 Å². The first kappa shape index (κ1) is 6.43. The normalized spacial score (nSPS) is 28.9. The largest absolute Gasteiger partial charge is 0.253 e. The van der Waals surface area contributed by atoms with Gasteiger partial charge in [-0.15, -0.1) is 0 Å². The molecule has 48 valence electrons. The maximum atomic E-state index is 2.31. The summed E-state index contributed by atoms with van der Waals surface area (Å²) in [6.45, 7) is 5.83. The first-order valence-corrected chi connectivity index (χ1v) is 3.78. The maximum absolute atomic E-state index is 2.31. The van der Waals surface area contributed by atoms with Gasteiger partial charge in [0, 0.05) is 11.3 Å². The summed E-state index contributed by atoms with van der Waals surface area (Å²) in [6.07, 6.45) is 1.33. The van der Waals surface area contributed by atoms with Gasteiger partial charge in [0.25, 0.3) is 0 Å². The van der Waals surface area contributed by atoms with Crippen molar-refractivity contribution in [3.8, 4) is 0 Å². The van der Waals surface area contributed by atoms with E-state index in [9.17, 15) is 0 Å². The van der Waals surface area contributed by atoms with E-state index in [2.05, 4.69) is 25.2 Å². The Labute approximate surface area is 55.6 Å². The van der Waals surface area contributed by atoms with Crippen molar-refractivity contribution in [3.63, 3.8) is 0 Å². The second-order valence-corrected chi connectivity index (χ2v) is 4.86. The van der Waals surface area contributed by atoms with Gasteiger partial charge < -0.3 is 0 Å². The standard InChI is InChI=1S/C6H13NS/c1-6(2)4-5-7(3)8-6/h4-5H2,1-3H3. The summed E-state index contributed by atoms with van der Waals surface area (Å²) < 4.78 is 2.81. The van der Waals surface area contributed by atoms with Crippen LogP contribution in [0.3, 0.4) is 0 Å². The molecular formula is C6H13NS. The number of hydrogen-bond acceptors (Lipinski definition) is 2. The van der Waals surface area contributed by atoms with Crippen molar-refractivity contribution in [3.05, 3.63) is 0 Å². The molecule has 1 fully saturated rings. The van der Waals surface area contributed by atoms with Crippen LogP contribution in [0.1, 0.15) is 20.3 Å². The van der Waals surface area contributed by atoms with Crippen LogP contribution in [0.5, 0.6) is 0 Å². The molecule has 2 heteroatoms. The molecule has 0 radical (unpaired) electrons. The van der Waals surface area contributed by atoms with Crippen LogP contribution in [0, 0.1) is 0 Å². The first-order chi connectivity index (χ1) is 3.60. The van der Waals surface area contributed by atoms with Gasteiger partial charge in [-0.25, -0.2) is 0 Å². The Bertz CT molecular complexity index is 90.5. The molecule has 0 N–H and O–H groups in total. The van der Waals surface area contributed by atoms with E-state index in [1.165, 1.54) is 13.0 Å². The smallest absolute Gasteiger partial charge is 0.0263 e. The lowest BCUT2D eigenvalue weighted by atomic mass is 10.1. The predicted molar refractivity (Wildman–Crippen MR) is 38.9 cm³/mol. The van der Waals surface area contributed by atoms with Gasteiger partial charge in [0.15, 0.2) is 0 Å². The zero-order chi connectivity index (χ0) is 6.20. The highest BCUT2D eigenvalue weighted by atomic mass is 32.2. The highest BCUT2D eigenvalue weighted by molar-refractivity contribution is 7.98. The van der Waals surface area contributed by atoms with Gasteiger partial charge in [0.2, 0.25) is 0 Å². The minimum absolute atomic E-state index is 0.509. The van der Waals surface area contributed by atoms with Crippen molar-refractivity contribution < 1.29 is 0 Å². The van der Waals surface area contributed by atoms with Crippen molar-refractivity contribution in [1.82, 2.24) is 4.31 Å². The average molecular weight is 131 g/mol. The molecule has 1 rings (SSSR count). The van der Waals surface area contributed by atoms with E-state index in [0.717, 1.165) is 0 Å². The molecule has 1 aliphatic heterocycles. The van der Waals surface area contributed by atoms with E-state index < -0.39 is 0 Å². The zero-order valence-electron chi connectivity index (χ0n) is 5.77. The van der Waals surface area contributed by atoms with Crippen LogP contribution in [0.25, 0.3) is 0 Å². The molecule has 0 aromatic rings. The monoisotopic (exact) mass is 131 g/mol. The average Bonchev–Trinajstić information content (AvgIpc) is 1.82. The Balaban J connectivity index is 2.44. The molecular weight excluding hydrogens is 118 g/mol.